The van der Waals surface area contributed by atoms with Crippen molar-refractivity contribution in [2.45, 2.75) is 19.9 Å². The van der Waals surface area contributed by atoms with Gasteiger partial charge in [-0.25, -0.2) is 0 Å². The second-order valence-electron chi connectivity index (χ2n) is 5.22. The Labute approximate surface area is 123 Å². The number of rotatable bonds is 3. The zero-order valence-corrected chi connectivity index (χ0v) is 11.8. The fourth-order valence-electron chi connectivity index (χ4n) is 2.75. The van der Waals surface area contributed by atoms with Crippen molar-refractivity contribution >= 4 is 17.1 Å². The third-order valence-corrected chi connectivity index (χ3v) is 3.85. The molecule has 0 amide bonds. The number of hydrogen-bond acceptors (Lipinski definition) is 4. The molecule has 0 radical (unpaired) electrons. The van der Waals surface area contributed by atoms with Gasteiger partial charge in [-0.1, -0.05) is 24.3 Å². The Morgan fingerprint density at radius 2 is 2.05 bits per heavy atom. The second-order valence-corrected chi connectivity index (χ2v) is 5.22. The molecule has 2 N–H and O–H groups in total. The van der Waals surface area contributed by atoms with Crippen molar-refractivity contribution in [3.8, 4) is 0 Å². The first kappa shape index (κ1) is 13.6. The highest BCUT2D eigenvalue weighted by atomic mass is 16.6. The number of nitrogens with one attached hydrogen (secondary N) is 2. The summed E-state index contributed by atoms with van der Waals surface area (Å²) in [6.45, 7) is 3.66. The van der Waals surface area contributed by atoms with Gasteiger partial charge in [0.1, 0.15) is 5.69 Å². The molecule has 3 rings (SSSR count). The maximum atomic E-state index is 11.2. The number of fused-ring (bicyclic) bond motifs is 1. The van der Waals surface area contributed by atoms with E-state index in [9.17, 15) is 10.1 Å². The summed E-state index contributed by atoms with van der Waals surface area (Å²) in [5, 5.41) is 17.8. The molecule has 2 aromatic rings. The highest BCUT2D eigenvalue weighted by molar-refractivity contribution is 5.75. The molecule has 0 atom stereocenters. The van der Waals surface area contributed by atoms with E-state index in [2.05, 4.69) is 16.7 Å². The molecule has 1 aliphatic heterocycles. The minimum atomic E-state index is -0.341. The van der Waals surface area contributed by atoms with Crippen molar-refractivity contribution in [3.63, 3.8) is 0 Å². The van der Waals surface area contributed by atoms with Crippen molar-refractivity contribution in [1.82, 2.24) is 5.32 Å². The summed E-state index contributed by atoms with van der Waals surface area (Å²) in [6, 6.07) is 11.2. The Kier molecular flexibility index (Phi) is 3.58. The van der Waals surface area contributed by atoms with Crippen LogP contribution in [0.5, 0.6) is 0 Å². The molecule has 108 valence electrons. The van der Waals surface area contributed by atoms with Gasteiger partial charge in [0.05, 0.1) is 4.92 Å². The predicted octanol–water partition coefficient (Wildman–Crippen LogP) is 3.29. The first-order valence-corrected chi connectivity index (χ1v) is 6.99. The van der Waals surface area contributed by atoms with E-state index < -0.39 is 0 Å². The Morgan fingerprint density at radius 3 is 2.86 bits per heavy atom. The fraction of sp³-hybridized carbons (Fsp3) is 0.250. The molecular formula is C16H17N3O2. The van der Waals surface area contributed by atoms with E-state index in [1.54, 1.807) is 6.07 Å². The molecular weight excluding hydrogens is 266 g/mol. The normalized spacial score (nSPS) is 13.6. The van der Waals surface area contributed by atoms with Crippen LogP contribution in [0.2, 0.25) is 0 Å². The predicted molar refractivity (Wildman–Crippen MR) is 83.0 cm³/mol. The van der Waals surface area contributed by atoms with Gasteiger partial charge in [0, 0.05) is 18.3 Å². The Hall–Kier alpha value is -2.40. The molecule has 0 spiro atoms. The van der Waals surface area contributed by atoms with Gasteiger partial charge < -0.3 is 10.6 Å². The lowest BCUT2D eigenvalue weighted by molar-refractivity contribution is -0.383. The summed E-state index contributed by atoms with van der Waals surface area (Å²) in [5.74, 6) is 0. The average Bonchev–Trinajstić information content (AvgIpc) is 2.49. The first-order valence-electron chi connectivity index (χ1n) is 6.99. The number of para-hydroxylation sites is 1. The Balaban J connectivity index is 2.04. The van der Waals surface area contributed by atoms with E-state index in [1.165, 1.54) is 17.2 Å². The lowest BCUT2D eigenvalue weighted by Gasteiger charge is -2.21. The van der Waals surface area contributed by atoms with Crippen LogP contribution in [0.15, 0.2) is 36.4 Å². The number of aryl methyl sites for hydroxylation is 1. The van der Waals surface area contributed by atoms with Crippen LogP contribution < -0.4 is 10.6 Å². The van der Waals surface area contributed by atoms with Crippen LogP contribution in [0.3, 0.4) is 0 Å². The van der Waals surface area contributed by atoms with Crippen molar-refractivity contribution in [2.75, 3.05) is 11.9 Å². The van der Waals surface area contributed by atoms with Crippen LogP contribution in [-0.2, 0) is 13.0 Å². The SMILES string of the molecule is Cc1cccc([N+](=O)[O-])c1Nc1cccc2c1CCNC2. The summed E-state index contributed by atoms with van der Waals surface area (Å²) < 4.78 is 0. The van der Waals surface area contributed by atoms with Crippen LogP contribution >= 0.6 is 0 Å². The van der Waals surface area contributed by atoms with Gasteiger partial charge >= 0.3 is 0 Å². The molecule has 0 fully saturated rings. The molecule has 0 saturated carbocycles. The maximum absolute atomic E-state index is 11.2. The smallest absolute Gasteiger partial charge is 0.292 e. The number of nitro groups is 1. The number of anilines is 2. The van der Waals surface area contributed by atoms with Crippen molar-refractivity contribution in [1.29, 1.82) is 0 Å². The molecule has 0 unspecified atom stereocenters. The molecule has 1 aliphatic rings. The van der Waals surface area contributed by atoms with Gasteiger partial charge in [-0.05, 0) is 42.6 Å². The van der Waals surface area contributed by atoms with Gasteiger partial charge in [-0.15, -0.1) is 0 Å². The Bertz CT molecular complexity index is 698. The first-order chi connectivity index (χ1) is 10.2. The van der Waals surface area contributed by atoms with Crippen LogP contribution in [-0.4, -0.2) is 11.5 Å². The summed E-state index contributed by atoms with van der Waals surface area (Å²) in [4.78, 5) is 10.9. The lowest BCUT2D eigenvalue weighted by Crippen LogP contribution is -2.24. The molecule has 0 aromatic heterocycles. The largest absolute Gasteiger partial charge is 0.349 e. The highest BCUT2D eigenvalue weighted by Crippen LogP contribution is 2.33. The zero-order chi connectivity index (χ0) is 14.8. The third-order valence-electron chi connectivity index (χ3n) is 3.85. The van der Waals surface area contributed by atoms with E-state index in [4.69, 9.17) is 0 Å². The number of nitrogens with zero attached hydrogens (tertiary/aromatic N) is 1. The summed E-state index contributed by atoms with van der Waals surface area (Å²) in [6.07, 6.45) is 0.929. The van der Waals surface area contributed by atoms with Gasteiger partial charge in [-0.2, -0.15) is 0 Å². The van der Waals surface area contributed by atoms with E-state index in [0.717, 1.165) is 30.8 Å². The molecule has 1 heterocycles. The quantitative estimate of drug-likeness (QED) is 0.670. The highest BCUT2D eigenvalue weighted by Gasteiger charge is 2.18. The minimum absolute atomic E-state index is 0.113. The van der Waals surface area contributed by atoms with Gasteiger partial charge in [-0.3, -0.25) is 10.1 Å². The minimum Gasteiger partial charge on any atom is -0.349 e. The second kappa shape index (κ2) is 5.54. The average molecular weight is 283 g/mol. The topological polar surface area (TPSA) is 67.2 Å². The monoisotopic (exact) mass is 283 g/mol. The fourth-order valence-corrected chi connectivity index (χ4v) is 2.75. The zero-order valence-electron chi connectivity index (χ0n) is 11.8. The Morgan fingerprint density at radius 1 is 1.24 bits per heavy atom. The number of hydrogen-bond donors (Lipinski definition) is 2. The van der Waals surface area contributed by atoms with Gasteiger partial charge in [0.2, 0.25) is 0 Å². The summed E-state index contributed by atoms with van der Waals surface area (Å²) in [7, 11) is 0. The van der Waals surface area contributed by atoms with Crippen molar-refractivity contribution in [3.05, 3.63) is 63.2 Å². The van der Waals surface area contributed by atoms with Crippen LogP contribution in [0.1, 0.15) is 16.7 Å². The molecule has 5 nitrogen and oxygen atoms in total. The van der Waals surface area contributed by atoms with E-state index >= 15 is 0 Å². The molecule has 0 bridgehead atoms. The van der Waals surface area contributed by atoms with Crippen LogP contribution in [0, 0.1) is 17.0 Å². The van der Waals surface area contributed by atoms with Crippen molar-refractivity contribution < 1.29 is 4.92 Å². The summed E-state index contributed by atoms with van der Waals surface area (Å²) in [5.41, 5.74) is 5.02. The van der Waals surface area contributed by atoms with E-state index in [0.29, 0.717) is 5.69 Å². The standard InChI is InChI=1S/C16H17N3O2/c1-11-4-2-7-15(19(20)21)16(11)18-14-6-3-5-12-10-17-9-8-13(12)14/h2-7,17-18H,8-10H2,1H3. The number of nitro benzene ring substituents is 1. The molecule has 2 aromatic carbocycles. The number of benzene rings is 2. The lowest BCUT2D eigenvalue weighted by atomic mass is 9.98. The summed E-state index contributed by atoms with van der Waals surface area (Å²) >= 11 is 0. The molecule has 5 heteroatoms. The molecule has 0 saturated heterocycles. The van der Waals surface area contributed by atoms with Gasteiger partial charge in [0.15, 0.2) is 0 Å². The van der Waals surface area contributed by atoms with Crippen molar-refractivity contribution in [2.24, 2.45) is 0 Å². The van der Waals surface area contributed by atoms with E-state index in [-0.39, 0.29) is 10.6 Å². The van der Waals surface area contributed by atoms with Gasteiger partial charge in [0.25, 0.3) is 5.69 Å². The molecule has 0 aliphatic carbocycles. The van der Waals surface area contributed by atoms with Crippen LogP contribution in [0.25, 0.3) is 0 Å². The van der Waals surface area contributed by atoms with E-state index in [1.807, 2.05) is 25.1 Å². The third kappa shape index (κ3) is 2.60. The van der Waals surface area contributed by atoms with Crippen LogP contribution in [0.4, 0.5) is 17.1 Å². The maximum Gasteiger partial charge on any atom is 0.292 e. The molecule has 21 heavy (non-hydrogen) atoms.